The molecule has 0 N–H and O–H groups in total. The Balaban J connectivity index is 1.50. The van der Waals surface area contributed by atoms with Gasteiger partial charge in [0.25, 0.3) is 0 Å². The van der Waals surface area contributed by atoms with Gasteiger partial charge in [0.2, 0.25) is 11.8 Å². The van der Waals surface area contributed by atoms with Gasteiger partial charge in [-0.2, -0.15) is 5.10 Å². The van der Waals surface area contributed by atoms with Gasteiger partial charge < -0.3 is 0 Å². The Morgan fingerprint density at radius 2 is 1.48 bits per heavy atom. The minimum Gasteiger partial charge on any atom is -0.292 e. The topological polar surface area (TPSA) is 70.0 Å². The van der Waals surface area contributed by atoms with Crippen molar-refractivity contribution in [2.45, 2.75) is 12.1 Å². The predicted molar refractivity (Wildman–Crippen MR) is 119 cm³/mol. The van der Waals surface area contributed by atoms with Crippen molar-refractivity contribution in [2.24, 2.45) is 16.9 Å². The molecule has 3 aromatic rings. The van der Waals surface area contributed by atoms with E-state index in [0.29, 0.717) is 11.3 Å². The number of rotatable bonds is 3. The van der Waals surface area contributed by atoms with E-state index in [1.54, 1.807) is 35.5 Å². The summed E-state index contributed by atoms with van der Waals surface area (Å²) in [6.07, 6.45) is 1.67. The molecular weight excluding hydrogens is 421 g/mol. The fourth-order valence-electron chi connectivity index (χ4n) is 5.29. The molecule has 0 bridgehead atoms. The van der Waals surface area contributed by atoms with Gasteiger partial charge in [-0.1, -0.05) is 54.6 Å². The average molecular weight is 439 g/mol. The van der Waals surface area contributed by atoms with Crippen LogP contribution in [-0.2, 0) is 9.59 Å². The molecule has 0 aromatic heterocycles. The molecule has 4 atom stereocenters. The smallest absolute Gasteiger partial charge is 0.240 e. The lowest BCUT2D eigenvalue weighted by Gasteiger charge is -2.33. The van der Waals surface area contributed by atoms with Crippen LogP contribution in [0, 0.1) is 17.7 Å². The number of hydrogen-bond donors (Lipinski definition) is 0. The molecule has 0 saturated carbocycles. The highest BCUT2D eigenvalue weighted by Gasteiger charge is 2.65. The summed E-state index contributed by atoms with van der Waals surface area (Å²) in [6, 6.07) is 20.1. The van der Waals surface area contributed by atoms with Crippen LogP contribution >= 0.6 is 0 Å². The van der Waals surface area contributed by atoms with E-state index >= 15 is 0 Å². The Labute approximate surface area is 188 Å². The van der Waals surface area contributed by atoms with E-state index in [2.05, 4.69) is 5.10 Å². The maximum Gasteiger partial charge on any atom is 0.240 e. The van der Waals surface area contributed by atoms with Gasteiger partial charge in [-0.3, -0.25) is 19.4 Å². The van der Waals surface area contributed by atoms with Crippen molar-refractivity contribution in [1.82, 2.24) is 5.01 Å². The number of Topliss-reactive ketones (excluding diaryl/α,β-unsaturated/α-hetero) is 1. The van der Waals surface area contributed by atoms with Crippen molar-refractivity contribution in [1.29, 1.82) is 0 Å². The van der Waals surface area contributed by atoms with Crippen molar-refractivity contribution in [3.8, 4) is 0 Å². The van der Waals surface area contributed by atoms with Gasteiger partial charge in [-0.25, -0.2) is 9.29 Å². The summed E-state index contributed by atoms with van der Waals surface area (Å²) < 4.78 is 13.5. The van der Waals surface area contributed by atoms with Crippen molar-refractivity contribution in [2.75, 3.05) is 4.90 Å². The largest absolute Gasteiger partial charge is 0.292 e. The SMILES string of the molecule is O=C(c1ccccc1)[C@@H]1[C@@H]2C(=O)N(c3ccc(F)cc3)C(=O)[C@@H]2[C@H]2c3ccccc3C=NN12. The van der Waals surface area contributed by atoms with E-state index in [0.717, 1.165) is 16.0 Å². The van der Waals surface area contributed by atoms with Crippen molar-refractivity contribution in [3.05, 3.63) is 101 Å². The van der Waals surface area contributed by atoms with Gasteiger partial charge in [-0.05, 0) is 35.4 Å². The van der Waals surface area contributed by atoms with Crippen LogP contribution in [-0.4, -0.2) is 34.9 Å². The number of amides is 2. The van der Waals surface area contributed by atoms with Gasteiger partial charge in [0.15, 0.2) is 5.78 Å². The molecule has 3 aromatic carbocycles. The highest BCUT2D eigenvalue weighted by Crippen LogP contribution is 2.53. The van der Waals surface area contributed by atoms with Crippen LogP contribution in [0.1, 0.15) is 27.5 Å². The number of benzene rings is 3. The van der Waals surface area contributed by atoms with Gasteiger partial charge in [0, 0.05) is 5.56 Å². The Kier molecular flexibility index (Phi) is 4.26. The predicted octanol–water partition coefficient (Wildman–Crippen LogP) is 3.59. The first-order chi connectivity index (χ1) is 16.1. The van der Waals surface area contributed by atoms with E-state index in [-0.39, 0.29) is 5.78 Å². The summed E-state index contributed by atoms with van der Waals surface area (Å²) in [5.41, 5.74) is 2.46. The van der Waals surface area contributed by atoms with Crippen LogP contribution in [0.25, 0.3) is 0 Å². The normalized spacial score (nSPS) is 25.1. The second-order valence-corrected chi connectivity index (χ2v) is 8.41. The van der Waals surface area contributed by atoms with E-state index in [1.165, 1.54) is 24.3 Å². The molecule has 6 nitrogen and oxygen atoms in total. The highest BCUT2D eigenvalue weighted by atomic mass is 19.1. The zero-order chi connectivity index (χ0) is 22.7. The Hall–Kier alpha value is -4.13. The Morgan fingerprint density at radius 3 is 2.24 bits per heavy atom. The molecule has 162 valence electrons. The Bertz CT molecular complexity index is 1320. The summed E-state index contributed by atoms with van der Waals surface area (Å²) in [6.45, 7) is 0. The maximum atomic E-state index is 13.7. The minimum atomic E-state index is -0.922. The molecule has 3 aliphatic heterocycles. The fourth-order valence-corrected chi connectivity index (χ4v) is 5.29. The van der Waals surface area contributed by atoms with Crippen molar-refractivity contribution >= 4 is 29.5 Å². The molecule has 6 rings (SSSR count). The molecule has 0 spiro atoms. The van der Waals surface area contributed by atoms with Crippen LogP contribution in [0.5, 0.6) is 0 Å². The summed E-state index contributed by atoms with van der Waals surface area (Å²) in [7, 11) is 0. The molecular formula is C26H18FN3O3. The van der Waals surface area contributed by atoms with E-state index in [9.17, 15) is 18.8 Å². The molecule has 33 heavy (non-hydrogen) atoms. The number of hydrogen-bond acceptors (Lipinski definition) is 5. The van der Waals surface area contributed by atoms with Crippen molar-refractivity contribution in [3.63, 3.8) is 0 Å². The first-order valence-corrected chi connectivity index (χ1v) is 10.7. The number of ketones is 1. The molecule has 7 heteroatoms. The summed E-state index contributed by atoms with van der Waals surface area (Å²) in [5, 5.41) is 6.17. The van der Waals surface area contributed by atoms with E-state index in [4.69, 9.17) is 0 Å². The third-order valence-electron chi connectivity index (χ3n) is 6.70. The number of anilines is 1. The standard InChI is InChI=1S/C26H18FN3O3/c27-17-10-12-18(13-11-17)29-25(32)20-21(26(29)33)23(24(31)15-6-2-1-3-7-15)30-22(20)19-9-5-4-8-16(19)14-28-30/h1-14,20-23H/t20-,21+,22+,23-/m0/s1. The maximum absolute atomic E-state index is 13.7. The van der Waals surface area contributed by atoms with Gasteiger partial charge in [0.1, 0.15) is 11.9 Å². The first-order valence-electron chi connectivity index (χ1n) is 10.7. The number of hydrazone groups is 1. The molecule has 0 radical (unpaired) electrons. The van der Waals surface area contributed by atoms with Crippen LogP contribution in [0.15, 0.2) is 84.0 Å². The van der Waals surface area contributed by atoms with Gasteiger partial charge in [0.05, 0.1) is 29.8 Å². The van der Waals surface area contributed by atoms with Crippen LogP contribution in [0.4, 0.5) is 10.1 Å². The number of imide groups is 1. The average Bonchev–Trinajstić information content (AvgIpc) is 3.32. The molecule has 3 aliphatic rings. The summed E-state index contributed by atoms with van der Waals surface area (Å²) >= 11 is 0. The number of halogens is 1. The van der Waals surface area contributed by atoms with Gasteiger partial charge in [-0.15, -0.1) is 0 Å². The third kappa shape index (κ3) is 2.78. The highest BCUT2D eigenvalue weighted by molar-refractivity contribution is 6.24. The molecule has 0 aliphatic carbocycles. The molecule has 2 saturated heterocycles. The minimum absolute atomic E-state index is 0.258. The zero-order valence-electron chi connectivity index (χ0n) is 17.3. The first kappa shape index (κ1) is 19.5. The van der Waals surface area contributed by atoms with Crippen LogP contribution < -0.4 is 4.90 Å². The number of fused-ring (bicyclic) bond motifs is 5. The molecule has 3 heterocycles. The second-order valence-electron chi connectivity index (χ2n) is 8.41. The molecule has 0 unspecified atom stereocenters. The molecule has 2 amide bonds. The monoisotopic (exact) mass is 439 g/mol. The van der Waals surface area contributed by atoms with Gasteiger partial charge >= 0.3 is 0 Å². The lowest BCUT2D eigenvalue weighted by atomic mass is 9.83. The van der Waals surface area contributed by atoms with Crippen molar-refractivity contribution < 1.29 is 18.8 Å². The second kappa shape index (κ2) is 7.20. The number of carbonyl (C=O) groups is 3. The number of nitrogens with zero attached hydrogens (tertiary/aromatic N) is 3. The molecule has 2 fully saturated rings. The van der Waals surface area contributed by atoms with E-state index in [1.807, 2.05) is 30.3 Å². The number of carbonyl (C=O) groups excluding carboxylic acids is 3. The Morgan fingerprint density at radius 1 is 0.818 bits per heavy atom. The third-order valence-corrected chi connectivity index (χ3v) is 6.70. The summed E-state index contributed by atoms with van der Waals surface area (Å²) in [5.74, 6) is -3.26. The lowest BCUT2D eigenvalue weighted by molar-refractivity contribution is -0.124. The van der Waals surface area contributed by atoms with Crippen LogP contribution in [0.2, 0.25) is 0 Å². The quantitative estimate of drug-likeness (QED) is 0.462. The fraction of sp³-hybridized carbons (Fsp3) is 0.154. The zero-order valence-corrected chi connectivity index (χ0v) is 17.3. The van der Waals surface area contributed by atoms with Crippen LogP contribution in [0.3, 0.4) is 0 Å². The van der Waals surface area contributed by atoms with E-state index < -0.39 is 41.6 Å². The lowest BCUT2D eigenvalue weighted by Crippen LogP contribution is -2.44. The summed E-state index contributed by atoms with van der Waals surface area (Å²) in [4.78, 5) is 42.1.